The summed E-state index contributed by atoms with van der Waals surface area (Å²) < 4.78 is 35.8. The molecule has 2 rings (SSSR count). The molecule has 0 radical (unpaired) electrons. The minimum absolute atomic E-state index is 0.113. The summed E-state index contributed by atoms with van der Waals surface area (Å²) in [5, 5.41) is 0. The fourth-order valence-corrected chi connectivity index (χ4v) is 3.92. The van der Waals surface area contributed by atoms with E-state index < -0.39 is 15.9 Å². The molecule has 1 aliphatic rings. The zero-order chi connectivity index (χ0) is 15.0. The van der Waals surface area contributed by atoms with Crippen LogP contribution in [0, 0.1) is 13.8 Å². The van der Waals surface area contributed by atoms with Crippen molar-refractivity contribution < 1.29 is 17.3 Å². The smallest absolute Gasteiger partial charge is 0.300 e. The monoisotopic (exact) mass is 298 g/mol. The quantitative estimate of drug-likeness (QED) is 0.597. The number of benzene rings is 1. The molecule has 0 aliphatic carbocycles. The van der Waals surface area contributed by atoms with Crippen molar-refractivity contribution in [2.24, 2.45) is 0 Å². The van der Waals surface area contributed by atoms with Gasteiger partial charge in [0.1, 0.15) is 6.10 Å². The summed E-state index contributed by atoms with van der Waals surface area (Å²) in [7, 11) is -3.79. The van der Waals surface area contributed by atoms with Crippen molar-refractivity contribution in [3.8, 4) is 0 Å². The van der Waals surface area contributed by atoms with E-state index in [1.807, 2.05) is 26.8 Å². The highest BCUT2D eigenvalue weighted by Crippen LogP contribution is 2.45. The van der Waals surface area contributed by atoms with Gasteiger partial charge in [-0.15, -0.1) is 0 Å². The summed E-state index contributed by atoms with van der Waals surface area (Å²) in [6, 6.07) is 5.21. The predicted molar refractivity (Wildman–Crippen MR) is 77.0 cm³/mol. The first-order valence-electron chi connectivity index (χ1n) is 7.05. The Bertz CT molecular complexity index is 594. The van der Waals surface area contributed by atoms with Gasteiger partial charge < -0.3 is 4.74 Å². The van der Waals surface area contributed by atoms with Crippen LogP contribution in [0.4, 0.5) is 0 Å². The van der Waals surface area contributed by atoms with Crippen LogP contribution in [0.3, 0.4) is 0 Å². The molecule has 5 heteroatoms. The minimum atomic E-state index is -3.79. The molecular formula is C15H22O4S. The van der Waals surface area contributed by atoms with Crippen LogP contribution in [-0.4, -0.2) is 20.3 Å². The second-order valence-corrected chi connectivity index (χ2v) is 6.88. The zero-order valence-corrected chi connectivity index (χ0v) is 13.3. The summed E-state index contributed by atoms with van der Waals surface area (Å²) in [5.41, 5.74) is 1.72. The van der Waals surface area contributed by atoms with E-state index >= 15 is 0 Å². The van der Waals surface area contributed by atoms with Crippen LogP contribution in [0.2, 0.25) is 0 Å². The van der Waals surface area contributed by atoms with Crippen LogP contribution in [0.25, 0.3) is 0 Å². The van der Waals surface area contributed by atoms with Gasteiger partial charge in [-0.05, 0) is 31.9 Å². The Morgan fingerprint density at radius 3 is 2.55 bits per heavy atom. The Morgan fingerprint density at radius 1 is 1.30 bits per heavy atom. The summed E-state index contributed by atoms with van der Waals surface area (Å²) >= 11 is 0. The second kappa shape index (κ2) is 5.47. The van der Waals surface area contributed by atoms with Gasteiger partial charge in [0.15, 0.2) is 0 Å². The third kappa shape index (κ3) is 2.90. The molecule has 1 heterocycles. The van der Waals surface area contributed by atoms with E-state index in [2.05, 4.69) is 0 Å². The first-order chi connectivity index (χ1) is 9.34. The Balaban J connectivity index is 2.24. The van der Waals surface area contributed by atoms with E-state index in [0.29, 0.717) is 12.0 Å². The predicted octanol–water partition coefficient (Wildman–Crippen LogP) is 3.31. The third-order valence-corrected chi connectivity index (χ3v) is 5.17. The standard InChI is InChI=1S/C15H22O4S/c1-5-7-14-15(6-2,18-14)19-20(16,17)13-9-8-11(3)10-12(13)4/h8-10,14H,5-7H2,1-4H3. The van der Waals surface area contributed by atoms with E-state index in [0.717, 1.165) is 18.4 Å². The molecule has 0 amide bonds. The molecule has 1 aliphatic heterocycles. The van der Waals surface area contributed by atoms with Crippen molar-refractivity contribution in [3.63, 3.8) is 0 Å². The van der Waals surface area contributed by atoms with Gasteiger partial charge in [-0.3, -0.25) is 0 Å². The Kier molecular flexibility index (Phi) is 4.23. The first-order valence-corrected chi connectivity index (χ1v) is 8.46. The normalized spacial score (nSPS) is 25.7. The van der Waals surface area contributed by atoms with E-state index in [9.17, 15) is 8.42 Å². The fourth-order valence-electron chi connectivity index (χ4n) is 2.50. The van der Waals surface area contributed by atoms with Crippen molar-refractivity contribution in [3.05, 3.63) is 29.3 Å². The summed E-state index contributed by atoms with van der Waals surface area (Å²) in [6.07, 6.45) is 2.18. The highest BCUT2D eigenvalue weighted by Gasteiger charge is 2.59. The molecule has 2 atom stereocenters. The van der Waals surface area contributed by atoms with Gasteiger partial charge in [-0.2, -0.15) is 8.42 Å². The number of aryl methyl sites for hydroxylation is 2. The largest absolute Gasteiger partial charge is 0.337 e. The zero-order valence-electron chi connectivity index (χ0n) is 12.5. The van der Waals surface area contributed by atoms with Gasteiger partial charge in [-0.1, -0.05) is 38.0 Å². The molecule has 1 aromatic carbocycles. The van der Waals surface area contributed by atoms with Gasteiger partial charge in [0, 0.05) is 6.42 Å². The van der Waals surface area contributed by atoms with E-state index in [4.69, 9.17) is 8.92 Å². The van der Waals surface area contributed by atoms with Crippen LogP contribution >= 0.6 is 0 Å². The number of hydrogen-bond acceptors (Lipinski definition) is 4. The van der Waals surface area contributed by atoms with Gasteiger partial charge in [0.25, 0.3) is 10.1 Å². The molecule has 2 unspecified atom stereocenters. The highest BCUT2D eigenvalue weighted by molar-refractivity contribution is 7.86. The van der Waals surface area contributed by atoms with E-state index in [1.54, 1.807) is 19.1 Å². The van der Waals surface area contributed by atoms with Crippen LogP contribution < -0.4 is 0 Å². The van der Waals surface area contributed by atoms with E-state index in [-0.39, 0.29) is 11.0 Å². The SMILES string of the molecule is CCCC1OC1(CC)OS(=O)(=O)c1ccc(C)cc1C. The molecule has 112 valence electrons. The Morgan fingerprint density at radius 2 is 2.00 bits per heavy atom. The number of rotatable bonds is 6. The molecule has 1 saturated heterocycles. The highest BCUT2D eigenvalue weighted by atomic mass is 32.2. The maximum atomic E-state index is 12.4. The van der Waals surface area contributed by atoms with Gasteiger partial charge in [-0.25, -0.2) is 4.18 Å². The van der Waals surface area contributed by atoms with Crippen LogP contribution in [0.5, 0.6) is 0 Å². The average Bonchev–Trinajstić information content (AvgIpc) is 3.01. The van der Waals surface area contributed by atoms with Crippen LogP contribution in [0.1, 0.15) is 44.2 Å². The molecular weight excluding hydrogens is 276 g/mol. The molecule has 1 aromatic rings. The lowest BCUT2D eigenvalue weighted by Crippen LogP contribution is -2.24. The first kappa shape index (κ1) is 15.5. The van der Waals surface area contributed by atoms with Crippen molar-refractivity contribution in [2.45, 2.75) is 63.7 Å². The molecule has 0 saturated carbocycles. The van der Waals surface area contributed by atoms with Crippen molar-refractivity contribution in [1.29, 1.82) is 0 Å². The molecule has 20 heavy (non-hydrogen) atoms. The maximum Gasteiger partial charge on any atom is 0.300 e. The van der Waals surface area contributed by atoms with Crippen molar-refractivity contribution in [2.75, 3.05) is 0 Å². The van der Waals surface area contributed by atoms with Crippen LogP contribution in [0.15, 0.2) is 23.1 Å². The summed E-state index contributed by atoms with van der Waals surface area (Å²) in [6.45, 7) is 7.63. The van der Waals surface area contributed by atoms with Gasteiger partial charge >= 0.3 is 0 Å². The Hall–Kier alpha value is -0.910. The maximum absolute atomic E-state index is 12.4. The lowest BCUT2D eigenvalue weighted by molar-refractivity contribution is 0.0653. The molecule has 0 N–H and O–H groups in total. The topological polar surface area (TPSA) is 55.9 Å². The Labute approximate surface area is 121 Å². The molecule has 0 spiro atoms. The number of ether oxygens (including phenoxy) is 1. The third-order valence-electron chi connectivity index (χ3n) is 3.67. The number of hydrogen-bond donors (Lipinski definition) is 0. The van der Waals surface area contributed by atoms with Crippen molar-refractivity contribution in [1.82, 2.24) is 0 Å². The summed E-state index contributed by atoms with van der Waals surface area (Å²) in [4.78, 5) is 0.224. The lowest BCUT2D eigenvalue weighted by Gasteiger charge is -2.14. The molecule has 1 fully saturated rings. The average molecular weight is 298 g/mol. The van der Waals surface area contributed by atoms with Crippen LogP contribution in [-0.2, 0) is 19.0 Å². The fraction of sp³-hybridized carbons (Fsp3) is 0.600. The molecule has 0 bridgehead atoms. The summed E-state index contributed by atoms with van der Waals surface area (Å²) in [5.74, 6) is -0.952. The van der Waals surface area contributed by atoms with Gasteiger partial charge in [0.05, 0.1) is 4.90 Å². The minimum Gasteiger partial charge on any atom is -0.337 e. The molecule has 4 nitrogen and oxygen atoms in total. The number of epoxide rings is 1. The van der Waals surface area contributed by atoms with Gasteiger partial charge in [0.2, 0.25) is 5.79 Å². The lowest BCUT2D eigenvalue weighted by atomic mass is 10.1. The van der Waals surface area contributed by atoms with E-state index in [1.165, 1.54) is 0 Å². The van der Waals surface area contributed by atoms with Crippen molar-refractivity contribution >= 4 is 10.1 Å². The molecule has 0 aromatic heterocycles. The second-order valence-electron chi connectivity index (χ2n) is 5.37.